The Morgan fingerprint density at radius 2 is 1.79 bits per heavy atom. The van der Waals surface area contributed by atoms with E-state index in [0.717, 1.165) is 74.3 Å². The maximum Gasteiger partial charge on any atom is 0.316 e. The highest BCUT2D eigenvalue weighted by Crippen LogP contribution is 2.35. The molecule has 2 bridgehead atoms. The van der Waals surface area contributed by atoms with E-state index in [-0.39, 0.29) is 12.2 Å². The van der Waals surface area contributed by atoms with Gasteiger partial charge in [0.05, 0.1) is 36.4 Å². The summed E-state index contributed by atoms with van der Waals surface area (Å²) in [6.07, 6.45) is 11.8. The second kappa shape index (κ2) is 8.76. The number of aryl methyl sites for hydroxylation is 1. The normalized spacial score (nSPS) is 26.4. The average Bonchev–Trinajstić information content (AvgIpc) is 3.42. The van der Waals surface area contributed by atoms with Crippen molar-refractivity contribution in [2.45, 2.75) is 69.9 Å². The molecule has 1 saturated carbocycles. The number of ether oxygens (including phenoxy) is 3. The lowest BCUT2D eigenvalue weighted by Gasteiger charge is -2.34. The first-order valence-electron chi connectivity index (χ1n) is 12.1. The first-order valence-corrected chi connectivity index (χ1v) is 12.1. The van der Waals surface area contributed by atoms with E-state index < -0.39 is 0 Å². The predicted molar refractivity (Wildman–Crippen MR) is 124 cm³/mol. The lowest BCUT2D eigenvalue weighted by Crippen LogP contribution is -2.42. The SMILES string of the molecule is Cc1ccnc(OC2CCC(Oc3cc(N4CC5CCC(C4)O5)cn4ncc(C#N)c34)CC2)n1. The van der Waals surface area contributed by atoms with Gasteiger partial charge in [-0.25, -0.2) is 14.5 Å². The lowest BCUT2D eigenvalue weighted by molar-refractivity contribution is 0.0304. The number of anilines is 1. The van der Waals surface area contributed by atoms with Crippen LogP contribution in [-0.2, 0) is 4.74 Å². The van der Waals surface area contributed by atoms with Crippen LogP contribution in [0.15, 0.2) is 30.7 Å². The van der Waals surface area contributed by atoms with Crippen LogP contribution < -0.4 is 14.4 Å². The van der Waals surface area contributed by atoms with Crippen molar-refractivity contribution < 1.29 is 14.2 Å². The quantitative estimate of drug-likeness (QED) is 0.571. The summed E-state index contributed by atoms with van der Waals surface area (Å²) in [7, 11) is 0. The Balaban J connectivity index is 1.19. The molecule has 6 rings (SSSR count). The van der Waals surface area contributed by atoms with Gasteiger partial charge in [0.15, 0.2) is 0 Å². The number of aromatic nitrogens is 4. The Morgan fingerprint density at radius 3 is 2.50 bits per heavy atom. The molecule has 2 atom stereocenters. The van der Waals surface area contributed by atoms with Gasteiger partial charge < -0.3 is 19.1 Å². The number of nitriles is 1. The van der Waals surface area contributed by atoms with Crippen molar-refractivity contribution in [2.75, 3.05) is 18.0 Å². The van der Waals surface area contributed by atoms with Gasteiger partial charge in [-0.1, -0.05) is 0 Å². The highest BCUT2D eigenvalue weighted by molar-refractivity contribution is 5.72. The van der Waals surface area contributed by atoms with Crippen LogP contribution in [0, 0.1) is 18.3 Å². The Morgan fingerprint density at radius 1 is 1.06 bits per heavy atom. The zero-order valence-electron chi connectivity index (χ0n) is 19.3. The minimum absolute atomic E-state index is 0.0552. The molecule has 0 N–H and O–H groups in total. The van der Waals surface area contributed by atoms with E-state index in [0.29, 0.717) is 23.8 Å². The van der Waals surface area contributed by atoms with Gasteiger partial charge in [0, 0.05) is 31.0 Å². The van der Waals surface area contributed by atoms with Crippen LogP contribution in [0.4, 0.5) is 5.69 Å². The minimum atomic E-state index is 0.0552. The second-order valence-electron chi connectivity index (χ2n) is 9.50. The van der Waals surface area contributed by atoms with E-state index in [1.54, 1.807) is 16.9 Å². The summed E-state index contributed by atoms with van der Waals surface area (Å²) < 4.78 is 20.3. The zero-order chi connectivity index (χ0) is 23.1. The summed E-state index contributed by atoms with van der Waals surface area (Å²) in [4.78, 5) is 10.9. The van der Waals surface area contributed by atoms with Crippen molar-refractivity contribution in [3.8, 4) is 17.8 Å². The molecule has 3 aromatic heterocycles. The maximum atomic E-state index is 9.63. The third-order valence-electron chi connectivity index (χ3n) is 7.05. The number of pyridine rings is 1. The summed E-state index contributed by atoms with van der Waals surface area (Å²) in [5.74, 6) is 0.719. The topological polar surface area (TPSA) is 97.8 Å². The number of rotatable bonds is 5. The number of morpholine rings is 1. The zero-order valence-corrected chi connectivity index (χ0v) is 19.3. The van der Waals surface area contributed by atoms with E-state index in [1.165, 1.54) is 0 Å². The van der Waals surface area contributed by atoms with Crippen molar-refractivity contribution in [1.82, 2.24) is 19.6 Å². The van der Waals surface area contributed by atoms with Crippen LogP contribution in [0.1, 0.15) is 49.8 Å². The standard InChI is InChI=1S/C25H28N6O3/c1-16-8-9-27-25(29-16)34-20-4-2-19(3-5-20)33-23-10-18(13-31-24(23)17(11-26)12-28-31)30-14-21-6-7-22(15-30)32-21/h8-10,12-13,19-22H,2-7,14-15H2,1H3. The van der Waals surface area contributed by atoms with Crippen molar-refractivity contribution in [1.29, 1.82) is 5.26 Å². The Bertz CT molecular complexity index is 1220. The smallest absolute Gasteiger partial charge is 0.316 e. The fraction of sp³-hybridized carbons (Fsp3) is 0.520. The van der Waals surface area contributed by atoms with Gasteiger partial charge in [0.1, 0.15) is 29.0 Å². The second-order valence-corrected chi connectivity index (χ2v) is 9.50. The van der Waals surface area contributed by atoms with Gasteiger partial charge in [-0.3, -0.25) is 0 Å². The van der Waals surface area contributed by atoms with E-state index >= 15 is 0 Å². The molecule has 0 amide bonds. The van der Waals surface area contributed by atoms with E-state index in [2.05, 4.69) is 32.1 Å². The molecule has 5 heterocycles. The van der Waals surface area contributed by atoms with Gasteiger partial charge in [-0.15, -0.1) is 0 Å². The van der Waals surface area contributed by atoms with Gasteiger partial charge in [-0.2, -0.15) is 10.4 Å². The molecule has 176 valence electrons. The highest BCUT2D eigenvalue weighted by Gasteiger charge is 2.34. The molecule has 0 spiro atoms. The molecule has 1 aliphatic carbocycles. The Kier molecular flexibility index (Phi) is 5.46. The van der Waals surface area contributed by atoms with Crippen LogP contribution in [0.3, 0.4) is 0 Å². The van der Waals surface area contributed by atoms with Crippen molar-refractivity contribution in [2.24, 2.45) is 0 Å². The number of hydrogen-bond donors (Lipinski definition) is 0. The van der Waals surface area contributed by atoms with Crippen LogP contribution in [-0.4, -0.2) is 57.1 Å². The molecule has 3 fully saturated rings. The van der Waals surface area contributed by atoms with Gasteiger partial charge in [-0.05, 0) is 51.5 Å². The van der Waals surface area contributed by atoms with Gasteiger partial charge in [0.2, 0.25) is 0 Å². The van der Waals surface area contributed by atoms with E-state index in [1.807, 2.05) is 19.2 Å². The highest BCUT2D eigenvalue weighted by atomic mass is 16.5. The molecule has 3 aromatic rings. The summed E-state index contributed by atoms with van der Waals surface area (Å²) in [6.45, 7) is 3.68. The monoisotopic (exact) mass is 460 g/mol. The fourth-order valence-electron chi connectivity index (χ4n) is 5.32. The number of nitrogens with zero attached hydrogens (tertiary/aromatic N) is 6. The summed E-state index contributed by atoms with van der Waals surface area (Å²) in [5.41, 5.74) is 3.21. The van der Waals surface area contributed by atoms with Gasteiger partial charge >= 0.3 is 6.01 Å². The molecule has 9 nitrogen and oxygen atoms in total. The molecule has 2 aliphatic heterocycles. The van der Waals surface area contributed by atoms with Gasteiger partial charge in [0.25, 0.3) is 0 Å². The first kappa shape index (κ1) is 21.2. The van der Waals surface area contributed by atoms with Crippen molar-refractivity contribution >= 4 is 11.2 Å². The van der Waals surface area contributed by atoms with E-state index in [4.69, 9.17) is 14.2 Å². The van der Waals surface area contributed by atoms with Crippen LogP contribution in [0.2, 0.25) is 0 Å². The maximum absolute atomic E-state index is 9.63. The lowest BCUT2D eigenvalue weighted by atomic mass is 9.95. The molecule has 34 heavy (non-hydrogen) atoms. The largest absolute Gasteiger partial charge is 0.488 e. The van der Waals surface area contributed by atoms with Crippen molar-refractivity contribution in [3.63, 3.8) is 0 Å². The molecular weight excluding hydrogens is 432 g/mol. The van der Waals surface area contributed by atoms with Crippen LogP contribution in [0.25, 0.3) is 5.52 Å². The third-order valence-corrected chi connectivity index (χ3v) is 7.05. The van der Waals surface area contributed by atoms with Crippen LogP contribution >= 0.6 is 0 Å². The molecule has 0 aromatic carbocycles. The summed E-state index contributed by atoms with van der Waals surface area (Å²) in [6, 6.07) is 6.64. The Labute approximate surface area is 198 Å². The minimum Gasteiger partial charge on any atom is -0.488 e. The third kappa shape index (κ3) is 4.14. The van der Waals surface area contributed by atoms with Crippen molar-refractivity contribution in [3.05, 3.63) is 42.0 Å². The molecule has 2 saturated heterocycles. The summed E-state index contributed by atoms with van der Waals surface area (Å²) >= 11 is 0. The van der Waals surface area contributed by atoms with Crippen LogP contribution in [0.5, 0.6) is 11.8 Å². The number of fused-ring (bicyclic) bond motifs is 3. The molecule has 0 radical (unpaired) electrons. The van der Waals surface area contributed by atoms with E-state index in [9.17, 15) is 5.26 Å². The molecule has 9 heteroatoms. The summed E-state index contributed by atoms with van der Waals surface area (Å²) in [5, 5.41) is 14.1. The molecule has 3 aliphatic rings. The first-order chi connectivity index (χ1) is 16.6. The number of hydrogen-bond acceptors (Lipinski definition) is 8. The molecule has 2 unspecified atom stereocenters. The Hall–Kier alpha value is -3.38. The fourth-order valence-corrected chi connectivity index (χ4v) is 5.32. The average molecular weight is 461 g/mol. The predicted octanol–water partition coefficient (Wildman–Crippen LogP) is 3.44. The molecular formula is C25H28N6O3.